The lowest BCUT2D eigenvalue weighted by atomic mass is 9.83. The first-order chi connectivity index (χ1) is 9.86. The molecule has 0 heterocycles. The molecule has 1 atom stereocenters. The smallest absolute Gasteiger partial charge is 0.0319 e. The minimum absolute atomic E-state index is 0.264. The standard InChI is InChI=1S/C18H24N2/c1-2-3-14-17(20-19)18(15-10-6-4-7-11-15)16-12-8-5-9-13-16/h4-13,17-18,20H,2-3,14,19H2,1H3. The molecule has 0 aromatic heterocycles. The van der Waals surface area contributed by atoms with Crippen molar-refractivity contribution in [3.05, 3.63) is 71.8 Å². The highest BCUT2D eigenvalue weighted by atomic mass is 15.2. The van der Waals surface area contributed by atoms with Gasteiger partial charge in [0.1, 0.15) is 0 Å². The molecular weight excluding hydrogens is 244 g/mol. The van der Waals surface area contributed by atoms with Gasteiger partial charge in [-0.1, -0.05) is 80.4 Å². The maximum atomic E-state index is 5.84. The largest absolute Gasteiger partial charge is 0.271 e. The zero-order valence-electron chi connectivity index (χ0n) is 12.1. The summed E-state index contributed by atoms with van der Waals surface area (Å²) in [7, 11) is 0. The molecule has 0 saturated carbocycles. The van der Waals surface area contributed by atoms with Crippen molar-refractivity contribution in [2.45, 2.75) is 38.1 Å². The number of nitrogens with two attached hydrogens (primary N) is 1. The molecule has 2 heteroatoms. The summed E-state index contributed by atoms with van der Waals surface area (Å²) in [5.74, 6) is 6.14. The van der Waals surface area contributed by atoms with E-state index in [9.17, 15) is 0 Å². The van der Waals surface area contributed by atoms with Crippen molar-refractivity contribution in [1.29, 1.82) is 0 Å². The Morgan fingerprint density at radius 2 is 1.40 bits per heavy atom. The first-order valence-electron chi connectivity index (χ1n) is 7.42. The Hall–Kier alpha value is -1.64. The fourth-order valence-electron chi connectivity index (χ4n) is 2.75. The van der Waals surface area contributed by atoms with E-state index >= 15 is 0 Å². The van der Waals surface area contributed by atoms with Crippen molar-refractivity contribution in [2.24, 2.45) is 5.84 Å². The number of hydrogen-bond donors (Lipinski definition) is 2. The third-order valence-corrected chi connectivity index (χ3v) is 3.80. The molecule has 2 rings (SSSR count). The van der Waals surface area contributed by atoms with Gasteiger partial charge in [-0.3, -0.25) is 11.3 Å². The maximum Gasteiger partial charge on any atom is 0.0319 e. The fraction of sp³-hybridized carbons (Fsp3) is 0.333. The monoisotopic (exact) mass is 268 g/mol. The molecule has 3 N–H and O–H groups in total. The highest BCUT2D eigenvalue weighted by Gasteiger charge is 2.23. The van der Waals surface area contributed by atoms with E-state index < -0.39 is 0 Å². The molecule has 106 valence electrons. The van der Waals surface area contributed by atoms with Crippen LogP contribution in [0.1, 0.15) is 43.2 Å². The first-order valence-corrected chi connectivity index (χ1v) is 7.42. The van der Waals surface area contributed by atoms with Crippen LogP contribution < -0.4 is 11.3 Å². The quantitative estimate of drug-likeness (QED) is 0.591. The molecule has 0 radical (unpaired) electrons. The Morgan fingerprint density at radius 3 is 1.80 bits per heavy atom. The topological polar surface area (TPSA) is 38.0 Å². The Bertz CT molecular complexity index is 442. The van der Waals surface area contributed by atoms with Crippen LogP contribution in [0.15, 0.2) is 60.7 Å². The maximum absolute atomic E-state index is 5.84. The van der Waals surface area contributed by atoms with Crippen LogP contribution in [-0.2, 0) is 0 Å². The molecule has 20 heavy (non-hydrogen) atoms. The fourth-order valence-corrected chi connectivity index (χ4v) is 2.75. The summed E-state index contributed by atoms with van der Waals surface area (Å²) < 4.78 is 0. The van der Waals surface area contributed by atoms with Gasteiger partial charge in [0, 0.05) is 12.0 Å². The van der Waals surface area contributed by atoms with Crippen LogP contribution in [0, 0.1) is 0 Å². The molecule has 0 amide bonds. The molecule has 0 aliphatic heterocycles. The van der Waals surface area contributed by atoms with Crippen LogP contribution in [-0.4, -0.2) is 6.04 Å². The number of hydrazine groups is 1. The van der Waals surface area contributed by atoms with E-state index in [1.54, 1.807) is 0 Å². The normalized spacial score (nSPS) is 12.6. The summed E-state index contributed by atoms with van der Waals surface area (Å²) in [5, 5.41) is 0. The van der Waals surface area contributed by atoms with E-state index in [4.69, 9.17) is 5.84 Å². The molecule has 1 unspecified atom stereocenters. The second kappa shape index (κ2) is 7.83. The molecule has 0 bridgehead atoms. The van der Waals surface area contributed by atoms with Crippen LogP contribution in [0.4, 0.5) is 0 Å². The lowest BCUT2D eigenvalue weighted by Crippen LogP contribution is -2.40. The van der Waals surface area contributed by atoms with E-state index in [1.165, 1.54) is 24.0 Å². The van der Waals surface area contributed by atoms with Crippen molar-refractivity contribution in [1.82, 2.24) is 5.43 Å². The predicted octanol–water partition coefficient (Wildman–Crippen LogP) is 3.84. The van der Waals surface area contributed by atoms with Crippen molar-refractivity contribution in [3.63, 3.8) is 0 Å². The SMILES string of the molecule is CCCCC(NN)C(c1ccccc1)c1ccccc1. The van der Waals surface area contributed by atoms with Gasteiger partial charge < -0.3 is 0 Å². The average molecular weight is 268 g/mol. The van der Waals surface area contributed by atoms with Crippen LogP contribution in [0.5, 0.6) is 0 Å². The molecule has 0 saturated heterocycles. The highest BCUT2D eigenvalue weighted by molar-refractivity contribution is 5.34. The van der Waals surface area contributed by atoms with Crippen molar-refractivity contribution < 1.29 is 0 Å². The molecule has 0 aliphatic carbocycles. The zero-order valence-corrected chi connectivity index (χ0v) is 12.1. The summed E-state index contributed by atoms with van der Waals surface area (Å²) >= 11 is 0. The second-order valence-corrected chi connectivity index (χ2v) is 5.21. The number of rotatable bonds is 7. The lowest BCUT2D eigenvalue weighted by Gasteiger charge is -2.27. The molecule has 2 nitrogen and oxygen atoms in total. The first kappa shape index (κ1) is 14.8. The number of nitrogens with one attached hydrogen (secondary N) is 1. The van der Waals surface area contributed by atoms with E-state index in [-0.39, 0.29) is 6.04 Å². The summed E-state index contributed by atoms with van der Waals surface area (Å²) in [4.78, 5) is 0. The van der Waals surface area contributed by atoms with Crippen LogP contribution in [0.3, 0.4) is 0 Å². The number of unbranched alkanes of at least 4 members (excludes halogenated alkanes) is 1. The average Bonchev–Trinajstić information content (AvgIpc) is 2.53. The Labute approximate surface area is 122 Å². The molecule has 0 spiro atoms. The summed E-state index contributed by atoms with van der Waals surface area (Å²) in [5.41, 5.74) is 5.67. The van der Waals surface area contributed by atoms with E-state index in [1.807, 2.05) is 0 Å². The third-order valence-electron chi connectivity index (χ3n) is 3.80. The van der Waals surface area contributed by atoms with Gasteiger partial charge in [-0.15, -0.1) is 0 Å². The zero-order chi connectivity index (χ0) is 14.2. The summed E-state index contributed by atoms with van der Waals surface area (Å²) in [6, 6.07) is 21.5. The lowest BCUT2D eigenvalue weighted by molar-refractivity contribution is 0.435. The van der Waals surface area contributed by atoms with Gasteiger partial charge in [0.05, 0.1) is 0 Å². The number of hydrogen-bond acceptors (Lipinski definition) is 2. The van der Waals surface area contributed by atoms with Gasteiger partial charge >= 0.3 is 0 Å². The Morgan fingerprint density at radius 1 is 0.900 bits per heavy atom. The number of benzene rings is 2. The second-order valence-electron chi connectivity index (χ2n) is 5.21. The van der Waals surface area contributed by atoms with Gasteiger partial charge in [-0.2, -0.15) is 0 Å². The summed E-state index contributed by atoms with van der Waals surface area (Å²) in [6.45, 7) is 2.22. The third kappa shape index (κ3) is 3.69. The minimum atomic E-state index is 0.264. The van der Waals surface area contributed by atoms with Crippen molar-refractivity contribution >= 4 is 0 Å². The minimum Gasteiger partial charge on any atom is -0.271 e. The van der Waals surface area contributed by atoms with Crippen LogP contribution >= 0.6 is 0 Å². The van der Waals surface area contributed by atoms with Gasteiger partial charge in [0.15, 0.2) is 0 Å². The molecule has 0 aliphatic rings. The molecule has 0 fully saturated rings. The molecular formula is C18H24N2. The summed E-state index contributed by atoms with van der Waals surface area (Å²) in [6.07, 6.45) is 3.46. The van der Waals surface area contributed by atoms with Crippen molar-refractivity contribution in [2.75, 3.05) is 0 Å². The van der Waals surface area contributed by atoms with Gasteiger partial charge in [-0.05, 0) is 17.5 Å². The predicted molar refractivity (Wildman–Crippen MR) is 85.4 cm³/mol. The Balaban J connectivity index is 2.33. The van der Waals surface area contributed by atoms with Crippen LogP contribution in [0.25, 0.3) is 0 Å². The van der Waals surface area contributed by atoms with Gasteiger partial charge in [0.2, 0.25) is 0 Å². The van der Waals surface area contributed by atoms with Gasteiger partial charge in [0.25, 0.3) is 0 Å². The van der Waals surface area contributed by atoms with E-state index in [0.29, 0.717) is 5.92 Å². The van der Waals surface area contributed by atoms with E-state index in [2.05, 4.69) is 73.0 Å². The highest BCUT2D eigenvalue weighted by Crippen LogP contribution is 2.29. The van der Waals surface area contributed by atoms with Crippen molar-refractivity contribution in [3.8, 4) is 0 Å². The van der Waals surface area contributed by atoms with E-state index in [0.717, 1.165) is 6.42 Å². The molecule has 2 aromatic rings. The Kier molecular flexibility index (Phi) is 5.78. The molecule has 2 aromatic carbocycles. The van der Waals surface area contributed by atoms with Gasteiger partial charge in [-0.25, -0.2) is 0 Å². The van der Waals surface area contributed by atoms with Crippen LogP contribution in [0.2, 0.25) is 0 Å².